The number of methoxy groups -OCH3 is 1. The number of hydrogen-bond donors (Lipinski definition) is 1. The molecule has 3 rings (SSSR count). The molecule has 1 N–H and O–H groups in total. The fraction of sp³-hybridized carbons (Fsp3) is 0.480. The minimum Gasteiger partial charge on any atom is -0.497 e. The molecule has 0 saturated carbocycles. The zero-order chi connectivity index (χ0) is 22.1. The topological polar surface area (TPSA) is 56.8 Å². The van der Waals surface area contributed by atoms with Crippen LogP contribution < -0.4 is 19.5 Å². The van der Waals surface area contributed by atoms with Gasteiger partial charge in [0.25, 0.3) is 5.91 Å². The molecule has 5 nitrogen and oxygen atoms in total. The fourth-order valence-electron chi connectivity index (χ4n) is 3.84. The zero-order valence-electron chi connectivity index (χ0n) is 19.0. The van der Waals surface area contributed by atoms with Crippen LogP contribution in [0.2, 0.25) is 0 Å². The van der Waals surface area contributed by atoms with Crippen LogP contribution in [0.25, 0.3) is 0 Å². The molecule has 30 heavy (non-hydrogen) atoms. The van der Waals surface area contributed by atoms with Gasteiger partial charge in [0, 0.05) is 18.1 Å². The molecule has 162 valence electrons. The Hall–Kier alpha value is -2.69. The number of nitrogens with one attached hydrogen (secondary N) is 1. The van der Waals surface area contributed by atoms with Gasteiger partial charge in [-0.05, 0) is 62.9 Å². The SMILES string of the molecule is COc1ccc2c(c1)OC(C)(C)C[C@@H]2NC(=O)[C@H](C)Oc1cc(C)ccc1C(C)C. The summed E-state index contributed by atoms with van der Waals surface area (Å²) < 4.78 is 17.5. The summed E-state index contributed by atoms with van der Waals surface area (Å²) in [5.74, 6) is 2.41. The average Bonchev–Trinajstić information content (AvgIpc) is 2.66. The lowest BCUT2D eigenvalue weighted by atomic mass is 9.89. The first-order valence-corrected chi connectivity index (χ1v) is 10.5. The quantitative estimate of drug-likeness (QED) is 0.700. The van der Waals surface area contributed by atoms with Crippen LogP contribution in [0.4, 0.5) is 0 Å². The van der Waals surface area contributed by atoms with Gasteiger partial charge in [0.15, 0.2) is 6.10 Å². The predicted molar refractivity (Wildman–Crippen MR) is 119 cm³/mol. The molecule has 2 aromatic carbocycles. The van der Waals surface area contributed by atoms with Gasteiger partial charge in [0.2, 0.25) is 0 Å². The van der Waals surface area contributed by atoms with Crippen LogP contribution in [0.5, 0.6) is 17.2 Å². The van der Waals surface area contributed by atoms with Crippen LogP contribution >= 0.6 is 0 Å². The van der Waals surface area contributed by atoms with E-state index in [1.807, 2.05) is 45.0 Å². The fourth-order valence-corrected chi connectivity index (χ4v) is 3.84. The van der Waals surface area contributed by atoms with E-state index in [-0.39, 0.29) is 11.9 Å². The molecule has 2 atom stereocenters. The van der Waals surface area contributed by atoms with E-state index in [9.17, 15) is 4.79 Å². The zero-order valence-corrected chi connectivity index (χ0v) is 19.0. The number of carbonyl (C=O) groups excluding carboxylic acids is 1. The van der Waals surface area contributed by atoms with Gasteiger partial charge in [0.05, 0.1) is 13.2 Å². The van der Waals surface area contributed by atoms with Gasteiger partial charge in [-0.25, -0.2) is 0 Å². The lowest BCUT2D eigenvalue weighted by Crippen LogP contribution is -2.44. The number of aryl methyl sites for hydroxylation is 1. The molecule has 1 heterocycles. The molecule has 2 aromatic rings. The van der Waals surface area contributed by atoms with Crippen LogP contribution in [0, 0.1) is 6.92 Å². The van der Waals surface area contributed by atoms with E-state index in [1.54, 1.807) is 14.0 Å². The first kappa shape index (κ1) is 22.0. The lowest BCUT2D eigenvalue weighted by molar-refractivity contribution is -0.128. The monoisotopic (exact) mass is 411 g/mol. The summed E-state index contributed by atoms with van der Waals surface area (Å²) in [6.45, 7) is 12.1. The van der Waals surface area contributed by atoms with Crippen molar-refractivity contribution in [2.24, 2.45) is 0 Å². The molecule has 1 amide bonds. The Morgan fingerprint density at radius 3 is 2.57 bits per heavy atom. The molecule has 0 saturated heterocycles. The van der Waals surface area contributed by atoms with E-state index >= 15 is 0 Å². The van der Waals surface area contributed by atoms with Crippen molar-refractivity contribution in [2.45, 2.75) is 71.6 Å². The van der Waals surface area contributed by atoms with Gasteiger partial charge >= 0.3 is 0 Å². The average molecular weight is 412 g/mol. The van der Waals surface area contributed by atoms with Crippen molar-refractivity contribution in [3.8, 4) is 17.2 Å². The van der Waals surface area contributed by atoms with Crippen molar-refractivity contribution < 1.29 is 19.0 Å². The molecule has 5 heteroatoms. The largest absolute Gasteiger partial charge is 0.497 e. The van der Waals surface area contributed by atoms with Gasteiger partial charge < -0.3 is 19.5 Å². The third-order valence-electron chi connectivity index (χ3n) is 5.46. The van der Waals surface area contributed by atoms with Gasteiger partial charge in [-0.15, -0.1) is 0 Å². The Kier molecular flexibility index (Phi) is 6.30. The Morgan fingerprint density at radius 1 is 1.17 bits per heavy atom. The molecule has 0 aromatic heterocycles. The van der Waals surface area contributed by atoms with Crippen molar-refractivity contribution in [3.05, 3.63) is 53.1 Å². The molecule has 0 bridgehead atoms. The molecule has 0 spiro atoms. The normalized spacial score (nSPS) is 18.2. The van der Waals surface area contributed by atoms with Crippen molar-refractivity contribution in [1.82, 2.24) is 5.32 Å². The van der Waals surface area contributed by atoms with Crippen LogP contribution in [0.15, 0.2) is 36.4 Å². The second-order valence-electron chi connectivity index (χ2n) is 8.99. The van der Waals surface area contributed by atoms with E-state index in [2.05, 4.69) is 31.3 Å². The number of hydrogen-bond acceptors (Lipinski definition) is 4. The Balaban J connectivity index is 1.78. The number of rotatable bonds is 6. The minimum absolute atomic E-state index is 0.143. The van der Waals surface area contributed by atoms with Gasteiger partial charge in [-0.2, -0.15) is 0 Å². The summed E-state index contributed by atoms with van der Waals surface area (Å²) in [4.78, 5) is 13.0. The van der Waals surface area contributed by atoms with Crippen LogP contribution in [-0.2, 0) is 4.79 Å². The van der Waals surface area contributed by atoms with Crippen molar-refractivity contribution in [2.75, 3.05) is 7.11 Å². The van der Waals surface area contributed by atoms with Crippen molar-refractivity contribution in [3.63, 3.8) is 0 Å². The third kappa shape index (κ3) is 4.89. The summed E-state index contributed by atoms with van der Waals surface area (Å²) >= 11 is 0. The van der Waals surface area contributed by atoms with E-state index in [0.29, 0.717) is 12.3 Å². The first-order chi connectivity index (χ1) is 14.1. The second-order valence-corrected chi connectivity index (χ2v) is 8.99. The first-order valence-electron chi connectivity index (χ1n) is 10.5. The Morgan fingerprint density at radius 2 is 1.90 bits per heavy atom. The summed E-state index contributed by atoms with van der Waals surface area (Å²) in [5, 5.41) is 3.17. The van der Waals surface area contributed by atoms with E-state index < -0.39 is 11.7 Å². The highest BCUT2D eigenvalue weighted by Crippen LogP contribution is 2.41. The van der Waals surface area contributed by atoms with Gasteiger partial charge in [-0.1, -0.05) is 26.0 Å². The van der Waals surface area contributed by atoms with Crippen molar-refractivity contribution >= 4 is 5.91 Å². The van der Waals surface area contributed by atoms with Gasteiger partial charge in [-0.3, -0.25) is 4.79 Å². The highest BCUT2D eigenvalue weighted by Gasteiger charge is 2.35. The number of benzene rings is 2. The van der Waals surface area contributed by atoms with Crippen molar-refractivity contribution in [1.29, 1.82) is 0 Å². The standard InChI is InChI=1S/C25H33NO4/c1-15(2)19-10-8-16(3)12-22(19)29-17(4)24(27)26-21-14-25(5,6)30-23-13-18(28-7)9-11-20(21)23/h8-13,15,17,21H,14H2,1-7H3,(H,26,27)/t17-,21-/m0/s1. The van der Waals surface area contributed by atoms with E-state index in [0.717, 1.165) is 33.9 Å². The maximum Gasteiger partial charge on any atom is 0.261 e. The summed E-state index contributed by atoms with van der Waals surface area (Å²) in [5.41, 5.74) is 2.76. The molecular formula is C25H33NO4. The lowest BCUT2D eigenvalue weighted by Gasteiger charge is -2.38. The molecule has 0 aliphatic carbocycles. The maximum atomic E-state index is 13.0. The smallest absolute Gasteiger partial charge is 0.261 e. The molecule has 0 unspecified atom stereocenters. The second kappa shape index (κ2) is 8.58. The van der Waals surface area contributed by atoms with Gasteiger partial charge in [0.1, 0.15) is 22.8 Å². The van der Waals surface area contributed by atoms with Crippen LogP contribution in [0.3, 0.4) is 0 Å². The molecule has 0 radical (unpaired) electrons. The number of amides is 1. The van der Waals surface area contributed by atoms with E-state index in [1.165, 1.54) is 0 Å². The Bertz CT molecular complexity index is 919. The van der Waals surface area contributed by atoms with Crippen LogP contribution in [0.1, 0.15) is 69.7 Å². The minimum atomic E-state index is -0.614. The summed E-state index contributed by atoms with van der Waals surface area (Å²) in [7, 11) is 1.63. The molecular weight excluding hydrogens is 378 g/mol. The third-order valence-corrected chi connectivity index (χ3v) is 5.46. The highest BCUT2D eigenvalue weighted by molar-refractivity contribution is 5.81. The molecule has 0 fully saturated rings. The number of carbonyl (C=O) groups is 1. The molecule has 1 aliphatic heterocycles. The number of fused-ring (bicyclic) bond motifs is 1. The highest BCUT2D eigenvalue weighted by atomic mass is 16.5. The number of ether oxygens (including phenoxy) is 3. The summed E-state index contributed by atoms with van der Waals surface area (Å²) in [6.07, 6.45) is 0.0592. The Labute approximate surface area is 179 Å². The van der Waals surface area contributed by atoms with Crippen LogP contribution in [-0.4, -0.2) is 24.7 Å². The van der Waals surface area contributed by atoms with E-state index in [4.69, 9.17) is 14.2 Å². The maximum absolute atomic E-state index is 13.0. The molecule has 1 aliphatic rings. The predicted octanol–water partition coefficient (Wildman–Crippen LogP) is 5.31. The summed E-state index contributed by atoms with van der Waals surface area (Å²) in [6, 6.07) is 11.7.